The van der Waals surface area contributed by atoms with Crippen molar-refractivity contribution in [2.24, 2.45) is 5.92 Å². The Bertz CT molecular complexity index is 686. The molecule has 0 saturated carbocycles. The van der Waals surface area contributed by atoms with Crippen molar-refractivity contribution in [3.05, 3.63) is 52.3 Å². The minimum Gasteiger partial charge on any atom is -0.385 e. The van der Waals surface area contributed by atoms with Crippen LogP contribution in [-0.4, -0.2) is 17.4 Å². The molecular weight excluding hydrogens is 354 g/mol. The van der Waals surface area contributed by atoms with E-state index >= 15 is 0 Å². The van der Waals surface area contributed by atoms with Gasteiger partial charge in [-0.25, -0.2) is 0 Å². The lowest BCUT2D eigenvalue weighted by Gasteiger charge is -2.10. The second-order valence-electron chi connectivity index (χ2n) is 5.96. The third kappa shape index (κ3) is 5.36. The van der Waals surface area contributed by atoms with Gasteiger partial charge < -0.3 is 10.6 Å². The van der Waals surface area contributed by atoms with Crippen LogP contribution in [0, 0.1) is 12.8 Å². The molecule has 2 rings (SSSR count). The number of aryl methyl sites for hydroxylation is 1. The summed E-state index contributed by atoms with van der Waals surface area (Å²) in [6.07, 6.45) is 2.74. The van der Waals surface area contributed by atoms with Gasteiger partial charge in [-0.15, -0.1) is 0 Å². The van der Waals surface area contributed by atoms with Gasteiger partial charge in [0.1, 0.15) is 5.69 Å². The van der Waals surface area contributed by atoms with Gasteiger partial charge in [0.2, 0.25) is 0 Å². The zero-order valence-electron chi connectivity index (χ0n) is 13.7. The molecule has 0 saturated heterocycles. The largest absolute Gasteiger partial charge is 0.385 e. The molecular formula is C18H22BrN3O. The highest BCUT2D eigenvalue weighted by molar-refractivity contribution is 9.10. The van der Waals surface area contributed by atoms with E-state index in [4.69, 9.17) is 0 Å². The number of hydrogen-bond acceptors (Lipinski definition) is 3. The zero-order chi connectivity index (χ0) is 16.8. The second-order valence-corrected chi connectivity index (χ2v) is 6.81. The van der Waals surface area contributed by atoms with E-state index in [0.29, 0.717) is 11.6 Å². The fraction of sp³-hybridized carbons (Fsp3) is 0.333. The number of pyridine rings is 1. The molecule has 0 spiro atoms. The lowest BCUT2D eigenvalue weighted by Crippen LogP contribution is -2.14. The minimum atomic E-state index is -0.215. The molecule has 0 fully saturated rings. The number of carbonyl (C=O) groups excluding carboxylic acids is 1. The Labute approximate surface area is 145 Å². The van der Waals surface area contributed by atoms with Crippen LogP contribution in [0.4, 0.5) is 11.4 Å². The highest BCUT2D eigenvalue weighted by atomic mass is 79.9. The quantitative estimate of drug-likeness (QED) is 0.757. The highest BCUT2D eigenvalue weighted by Gasteiger charge is 2.09. The van der Waals surface area contributed by atoms with E-state index in [-0.39, 0.29) is 5.91 Å². The maximum atomic E-state index is 12.3. The molecule has 1 heterocycles. The molecule has 23 heavy (non-hydrogen) atoms. The van der Waals surface area contributed by atoms with Crippen LogP contribution in [0.5, 0.6) is 0 Å². The molecule has 0 aliphatic heterocycles. The smallest absolute Gasteiger partial charge is 0.274 e. The first-order valence-electron chi connectivity index (χ1n) is 7.73. The number of amides is 1. The molecule has 122 valence electrons. The minimum absolute atomic E-state index is 0.215. The van der Waals surface area contributed by atoms with E-state index in [9.17, 15) is 4.79 Å². The fourth-order valence-corrected chi connectivity index (χ4v) is 2.41. The molecule has 1 amide bonds. The highest BCUT2D eigenvalue weighted by Crippen LogP contribution is 2.21. The molecule has 1 aromatic heterocycles. The summed E-state index contributed by atoms with van der Waals surface area (Å²) in [5.41, 5.74) is 3.18. The lowest BCUT2D eigenvalue weighted by molar-refractivity contribution is 0.102. The molecule has 2 aromatic rings. The third-order valence-corrected chi connectivity index (χ3v) is 4.33. The maximum absolute atomic E-state index is 12.3. The van der Waals surface area contributed by atoms with Crippen LogP contribution < -0.4 is 10.6 Å². The molecule has 0 aliphatic carbocycles. The zero-order valence-corrected chi connectivity index (χ0v) is 15.3. The van der Waals surface area contributed by atoms with Gasteiger partial charge in [-0.05, 0) is 49.1 Å². The lowest BCUT2D eigenvalue weighted by atomic mass is 10.1. The molecule has 4 nitrogen and oxygen atoms in total. The topological polar surface area (TPSA) is 54.0 Å². The Balaban J connectivity index is 2.02. The number of benzene rings is 1. The van der Waals surface area contributed by atoms with Crippen LogP contribution in [0.2, 0.25) is 0 Å². The first-order valence-corrected chi connectivity index (χ1v) is 8.52. The van der Waals surface area contributed by atoms with Crippen molar-refractivity contribution in [2.75, 3.05) is 17.2 Å². The summed E-state index contributed by atoms with van der Waals surface area (Å²) in [4.78, 5) is 16.5. The number of hydrogen-bond donors (Lipinski definition) is 2. The number of aromatic nitrogens is 1. The summed E-state index contributed by atoms with van der Waals surface area (Å²) in [6.45, 7) is 7.26. The number of anilines is 2. The molecule has 5 heteroatoms. The predicted octanol–water partition coefficient (Wildman–Crippen LogP) is 4.86. The summed E-state index contributed by atoms with van der Waals surface area (Å²) in [5, 5.41) is 6.19. The van der Waals surface area contributed by atoms with Crippen molar-refractivity contribution in [3.63, 3.8) is 0 Å². The van der Waals surface area contributed by atoms with Gasteiger partial charge in [0.05, 0.1) is 0 Å². The van der Waals surface area contributed by atoms with Gasteiger partial charge >= 0.3 is 0 Å². The molecule has 1 aromatic carbocycles. The number of rotatable bonds is 6. The second kappa shape index (κ2) is 8.11. The summed E-state index contributed by atoms with van der Waals surface area (Å²) in [7, 11) is 0. The Morgan fingerprint density at radius 3 is 2.70 bits per heavy atom. The molecule has 0 aliphatic rings. The third-order valence-electron chi connectivity index (χ3n) is 3.47. The summed E-state index contributed by atoms with van der Waals surface area (Å²) in [5.74, 6) is 0.431. The van der Waals surface area contributed by atoms with Crippen molar-refractivity contribution in [3.8, 4) is 0 Å². The number of nitrogens with zero attached hydrogens (tertiary/aromatic N) is 1. The van der Waals surface area contributed by atoms with E-state index in [0.717, 1.165) is 34.4 Å². The normalized spacial score (nSPS) is 10.7. The predicted molar refractivity (Wildman–Crippen MR) is 99.0 cm³/mol. The molecule has 0 radical (unpaired) electrons. The van der Waals surface area contributed by atoms with Crippen LogP contribution in [0.3, 0.4) is 0 Å². The van der Waals surface area contributed by atoms with E-state index in [1.807, 2.05) is 31.2 Å². The van der Waals surface area contributed by atoms with Crippen LogP contribution >= 0.6 is 15.9 Å². The van der Waals surface area contributed by atoms with Crippen LogP contribution in [0.15, 0.2) is 41.0 Å². The van der Waals surface area contributed by atoms with Gasteiger partial charge in [0.25, 0.3) is 5.91 Å². The van der Waals surface area contributed by atoms with Gasteiger partial charge in [-0.1, -0.05) is 35.8 Å². The van der Waals surface area contributed by atoms with Crippen molar-refractivity contribution >= 4 is 33.2 Å². The Morgan fingerprint density at radius 2 is 2.00 bits per heavy atom. The monoisotopic (exact) mass is 375 g/mol. The molecule has 0 atom stereocenters. The van der Waals surface area contributed by atoms with Crippen molar-refractivity contribution in [2.45, 2.75) is 27.2 Å². The van der Waals surface area contributed by atoms with E-state index in [1.165, 1.54) is 0 Å². The Morgan fingerprint density at radius 1 is 1.22 bits per heavy atom. The summed E-state index contributed by atoms with van der Waals surface area (Å²) in [6, 6.07) is 9.37. The summed E-state index contributed by atoms with van der Waals surface area (Å²) >= 11 is 3.47. The van der Waals surface area contributed by atoms with Crippen LogP contribution in [0.25, 0.3) is 0 Å². The average Bonchev–Trinajstić information content (AvgIpc) is 2.51. The van der Waals surface area contributed by atoms with Crippen LogP contribution in [0.1, 0.15) is 36.3 Å². The summed E-state index contributed by atoms with van der Waals surface area (Å²) < 4.78 is 0.965. The van der Waals surface area contributed by atoms with E-state index < -0.39 is 0 Å². The van der Waals surface area contributed by atoms with Gasteiger partial charge in [-0.2, -0.15) is 0 Å². The van der Waals surface area contributed by atoms with Crippen molar-refractivity contribution < 1.29 is 4.79 Å². The van der Waals surface area contributed by atoms with Crippen molar-refractivity contribution in [1.29, 1.82) is 0 Å². The molecule has 0 unspecified atom stereocenters. The van der Waals surface area contributed by atoms with Crippen molar-refractivity contribution in [1.82, 2.24) is 4.98 Å². The van der Waals surface area contributed by atoms with Gasteiger partial charge in [0, 0.05) is 28.6 Å². The first-order chi connectivity index (χ1) is 11.0. The Kier molecular flexibility index (Phi) is 6.16. The number of carbonyl (C=O) groups is 1. The fourth-order valence-electron chi connectivity index (χ4n) is 2.04. The number of nitrogens with one attached hydrogen (secondary N) is 2. The van der Waals surface area contributed by atoms with Gasteiger partial charge in [-0.3, -0.25) is 9.78 Å². The average molecular weight is 376 g/mol. The maximum Gasteiger partial charge on any atom is 0.274 e. The van der Waals surface area contributed by atoms with Gasteiger partial charge in [0.15, 0.2) is 0 Å². The molecule has 0 bridgehead atoms. The standard InChI is InChI=1S/C18H22BrN3O/c1-12(2)6-8-20-14-7-9-21-17(11-14)18(23)22-15-5-4-13(3)16(19)10-15/h4-5,7,9-12H,6,8H2,1-3H3,(H,20,21)(H,22,23). The van der Waals surface area contributed by atoms with E-state index in [2.05, 4.69) is 45.4 Å². The first kappa shape index (κ1) is 17.5. The Hall–Kier alpha value is -1.88. The van der Waals surface area contributed by atoms with E-state index in [1.54, 1.807) is 12.3 Å². The SMILES string of the molecule is Cc1ccc(NC(=O)c2cc(NCCC(C)C)ccn2)cc1Br. The number of halogens is 1. The van der Waals surface area contributed by atoms with Crippen LogP contribution in [-0.2, 0) is 0 Å². The molecule has 2 N–H and O–H groups in total.